The van der Waals surface area contributed by atoms with Gasteiger partial charge in [-0.2, -0.15) is 0 Å². The first-order chi connectivity index (χ1) is 5.50. The Morgan fingerprint density at radius 2 is 0.818 bits per heavy atom. The Morgan fingerprint density at radius 1 is 0.455 bits per heavy atom. The summed E-state index contributed by atoms with van der Waals surface area (Å²) in [6, 6.07) is 0. The minimum absolute atomic E-state index is 0.920. The number of hydrogen-bond acceptors (Lipinski definition) is 4. The minimum Gasteiger partial charge on any atom is -0.314 e. The lowest BCUT2D eigenvalue weighted by atomic mass is 10.5. The van der Waals surface area contributed by atoms with Crippen molar-refractivity contribution in [1.82, 2.24) is 21.3 Å². The molecule has 4 heteroatoms. The van der Waals surface area contributed by atoms with Gasteiger partial charge in [-0.15, -0.1) is 0 Å². The van der Waals surface area contributed by atoms with Crippen LogP contribution in [0.3, 0.4) is 0 Å². The summed E-state index contributed by atoms with van der Waals surface area (Å²) in [7, 11) is 0. The van der Waals surface area contributed by atoms with Crippen molar-refractivity contribution in [3.8, 4) is 0 Å². The number of nitrogens with one attached hydrogen (secondary N) is 4. The monoisotopic (exact) mass is 158 g/mol. The van der Waals surface area contributed by atoms with Gasteiger partial charge in [0.25, 0.3) is 0 Å². The van der Waals surface area contributed by atoms with Crippen LogP contribution in [-0.2, 0) is 0 Å². The van der Waals surface area contributed by atoms with Crippen LogP contribution in [0.4, 0.5) is 0 Å². The fraction of sp³-hybridized carbons (Fsp3) is 1.00. The van der Waals surface area contributed by atoms with Crippen molar-refractivity contribution in [2.75, 3.05) is 45.9 Å². The molecule has 0 aliphatic carbocycles. The van der Waals surface area contributed by atoms with E-state index in [4.69, 9.17) is 0 Å². The zero-order chi connectivity index (χ0) is 7.78. The Morgan fingerprint density at radius 3 is 1.27 bits per heavy atom. The summed E-state index contributed by atoms with van der Waals surface area (Å²) >= 11 is 0. The van der Waals surface area contributed by atoms with Crippen LogP contribution in [0.1, 0.15) is 0 Å². The van der Waals surface area contributed by atoms with Gasteiger partial charge >= 0.3 is 0 Å². The topological polar surface area (TPSA) is 48.1 Å². The first kappa shape index (κ1) is 8.93. The molecule has 1 rings (SSSR count). The van der Waals surface area contributed by atoms with Crippen molar-refractivity contribution >= 4 is 0 Å². The van der Waals surface area contributed by atoms with E-state index in [2.05, 4.69) is 21.3 Å². The Kier molecular flexibility index (Phi) is 5.31. The van der Waals surface area contributed by atoms with Gasteiger partial charge in [0.05, 0.1) is 0 Å². The van der Waals surface area contributed by atoms with Crippen molar-refractivity contribution in [2.24, 2.45) is 0 Å². The molecule has 11 heavy (non-hydrogen) atoms. The van der Waals surface area contributed by atoms with Gasteiger partial charge in [0.15, 0.2) is 0 Å². The van der Waals surface area contributed by atoms with E-state index in [0.717, 1.165) is 45.9 Å². The van der Waals surface area contributed by atoms with Crippen LogP contribution in [0, 0.1) is 0 Å². The maximum absolute atomic E-state index is 3.33. The van der Waals surface area contributed by atoms with Gasteiger partial charge in [-0.1, -0.05) is 0 Å². The number of rotatable bonds is 0. The summed E-state index contributed by atoms with van der Waals surface area (Å²) in [6.45, 7) is 7.28. The third kappa shape index (κ3) is 5.15. The molecule has 0 aromatic carbocycles. The molecule has 0 spiro atoms. The van der Waals surface area contributed by atoms with E-state index in [0.29, 0.717) is 0 Å². The minimum atomic E-state index is 0.920. The Hall–Kier alpha value is -0.160. The molecule has 1 fully saturated rings. The van der Waals surface area contributed by atoms with Gasteiger partial charge < -0.3 is 21.3 Å². The highest BCUT2D eigenvalue weighted by atomic mass is 15.1. The zero-order valence-electron chi connectivity index (χ0n) is 6.95. The molecule has 4 nitrogen and oxygen atoms in total. The highest BCUT2D eigenvalue weighted by Crippen LogP contribution is 1.64. The van der Waals surface area contributed by atoms with E-state index >= 15 is 0 Å². The van der Waals surface area contributed by atoms with Crippen LogP contribution < -0.4 is 21.3 Å². The first-order valence-corrected chi connectivity index (χ1v) is 4.33. The van der Waals surface area contributed by atoms with E-state index in [1.165, 1.54) is 0 Å². The van der Waals surface area contributed by atoms with E-state index in [1.807, 2.05) is 0 Å². The standard InChI is InChI=1S/C7H18N4/c1-2-9-4-6-11-7-10-5-3-8-1/h8-11H,1-7H2. The van der Waals surface area contributed by atoms with Crippen molar-refractivity contribution in [3.63, 3.8) is 0 Å². The number of hydrogen-bond donors (Lipinski definition) is 4. The second-order valence-electron chi connectivity index (χ2n) is 2.68. The molecule has 0 bridgehead atoms. The molecule has 1 aliphatic rings. The predicted molar refractivity (Wildman–Crippen MR) is 46.6 cm³/mol. The van der Waals surface area contributed by atoms with Gasteiger partial charge in [-0.05, 0) is 0 Å². The van der Waals surface area contributed by atoms with Gasteiger partial charge in [0, 0.05) is 45.9 Å². The molecular formula is C7H18N4. The maximum Gasteiger partial charge on any atom is 0.0455 e. The average molecular weight is 158 g/mol. The average Bonchev–Trinajstić information content (AvgIpc) is 2.08. The van der Waals surface area contributed by atoms with Crippen LogP contribution in [0.2, 0.25) is 0 Å². The summed E-state index contributed by atoms with van der Waals surface area (Å²) in [5.74, 6) is 0. The molecule has 0 unspecified atom stereocenters. The molecule has 0 aromatic heterocycles. The summed E-state index contributed by atoms with van der Waals surface area (Å²) in [6.07, 6.45) is 0. The van der Waals surface area contributed by atoms with E-state index in [-0.39, 0.29) is 0 Å². The fourth-order valence-electron chi connectivity index (χ4n) is 1.05. The summed E-state index contributed by atoms with van der Waals surface area (Å²) in [5, 5.41) is 13.2. The molecule has 0 amide bonds. The van der Waals surface area contributed by atoms with E-state index in [9.17, 15) is 0 Å². The van der Waals surface area contributed by atoms with E-state index < -0.39 is 0 Å². The molecule has 0 atom stereocenters. The largest absolute Gasteiger partial charge is 0.314 e. The molecule has 1 saturated heterocycles. The van der Waals surface area contributed by atoms with Gasteiger partial charge in [-0.3, -0.25) is 0 Å². The third-order valence-electron chi connectivity index (χ3n) is 1.69. The van der Waals surface area contributed by atoms with Crippen LogP contribution in [-0.4, -0.2) is 45.9 Å². The summed E-state index contributed by atoms with van der Waals surface area (Å²) in [4.78, 5) is 0. The lowest BCUT2D eigenvalue weighted by Crippen LogP contribution is -2.35. The van der Waals surface area contributed by atoms with Gasteiger partial charge in [-0.25, -0.2) is 0 Å². The van der Waals surface area contributed by atoms with Crippen molar-refractivity contribution in [2.45, 2.75) is 0 Å². The van der Waals surface area contributed by atoms with Crippen LogP contribution in [0.25, 0.3) is 0 Å². The predicted octanol–water partition coefficient (Wildman–Crippen LogP) is -1.68. The second kappa shape index (κ2) is 6.54. The molecule has 0 aromatic rings. The Balaban J connectivity index is 2.02. The fourth-order valence-corrected chi connectivity index (χ4v) is 1.05. The first-order valence-electron chi connectivity index (χ1n) is 4.33. The van der Waals surface area contributed by atoms with Crippen LogP contribution >= 0.6 is 0 Å². The summed E-state index contributed by atoms with van der Waals surface area (Å²) < 4.78 is 0. The zero-order valence-corrected chi connectivity index (χ0v) is 6.95. The smallest absolute Gasteiger partial charge is 0.0455 e. The van der Waals surface area contributed by atoms with Crippen molar-refractivity contribution in [3.05, 3.63) is 0 Å². The van der Waals surface area contributed by atoms with Crippen LogP contribution in [0.5, 0.6) is 0 Å². The molecule has 1 heterocycles. The van der Waals surface area contributed by atoms with E-state index in [1.54, 1.807) is 0 Å². The lowest BCUT2D eigenvalue weighted by Gasteiger charge is -2.04. The lowest BCUT2D eigenvalue weighted by molar-refractivity contribution is 0.574. The van der Waals surface area contributed by atoms with Crippen molar-refractivity contribution in [1.29, 1.82) is 0 Å². The normalized spacial score (nSPS) is 24.0. The van der Waals surface area contributed by atoms with Gasteiger partial charge in [0.2, 0.25) is 0 Å². The highest BCUT2D eigenvalue weighted by Gasteiger charge is 1.91. The molecule has 66 valence electrons. The molecular weight excluding hydrogens is 140 g/mol. The van der Waals surface area contributed by atoms with Crippen LogP contribution in [0.15, 0.2) is 0 Å². The molecule has 0 radical (unpaired) electrons. The van der Waals surface area contributed by atoms with Crippen molar-refractivity contribution < 1.29 is 0 Å². The summed E-state index contributed by atoms with van der Waals surface area (Å²) in [5.41, 5.74) is 0. The molecule has 4 N–H and O–H groups in total. The Labute approximate surface area is 68.1 Å². The molecule has 0 saturated carbocycles. The second-order valence-corrected chi connectivity index (χ2v) is 2.68. The van der Waals surface area contributed by atoms with Gasteiger partial charge in [0.1, 0.15) is 0 Å². The maximum atomic E-state index is 3.33. The quantitative estimate of drug-likeness (QED) is 0.340. The highest BCUT2D eigenvalue weighted by molar-refractivity contribution is 4.58. The SMILES string of the molecule is C1CNCCNCNCCN1. The third-order valence-corrected chi connectivity index (χ3v) is 1.69. The molecule has 1 aliphatic heterocycles. The Bertz CT molecular complexity index is 48.5.